The molecule has 1 aliphatic heterocycles. The number of anilines is 2. The van der Waals surface area contributed by atoms with Gasteiger partial charge in [-0.1, -0.05) is 19.9 Å². The number of hydrogen-bond donors (Lipinski definition) is 1. The molecule has 3 rings (SSSR count). The van der Waals surface area contributed by atoms with Gasteiger partial charge in [0, 0.05) is 23.2 Å². The lowest BCUT2D eigenvalue weighted by Crippen LogP contribution is -2.43. The van der Waals surface area contributed by atoms with Crippen molar-refractivity contribution in [3.63, 3.8) is 0 Å². The van der Waals surface area contributed by atoms with Crippen LogP contribution in [0.15, 0.2) is 35.7 Å². The molecular weight excluding hydrogens is 360 g/mol. The highest BCUT2D eigenvalue weighted by Crippen LogP contribution is 2.38. The Morgan fingerprint density at radius 1 is 1.33 bits per heavy atom. The van der Waals surface area contributed by atoms with Gasteiger partial charge in [-0.2, -0.15) is 0 Å². The van der Waals surface area contributed by atoms with E-state index in [4.69, 9.17) is 4.74 Å². The predicted octanol–water partition coefficient (Wildman–Crippen LogP) is 4.34. The zero-order valence-electron chi connectivity index (χ0n) is 16.2. The van der Waals surface area contributed by atoms with Crippen LogP contribution in [0.4, 0.5) is 11.4 Å². The minimum absolute atomic E-state index is 0.0597. The molecule has 0 radical (unpaired) electrons. The van der Waals surface area contributed by atoms with Crippen molar-refractivity contribution in [1.29, 1.82) is 0 Å². The maximum Gasteiger partial charge on any atom is 0.236 e. The zero-order chi connectivity index (χ0) is 19.6. The summed E-state index contributed by atoms with van der Waals surface area (Å²) in [6.45, 7) is 8.91. The van der Waals surface area contributed by atoms with Gasteiger partial charge in [-0.25, -0.2) is 0 Å². The Hall–Kier alpha value is -2.34. The van der Waals surface area contributed by atoms with Crippen molar-refractivity contribution >= 4 is 34.5 Å². The molecule has 1 aliphatic rings. The standard InChI is InChI=1S/C21H26N2O3S/c1-14(2)12-23-17-8-7-15(22-19(24)11-16-6-5-9-27-16)10-18(17)26-13-21(3,4)20(23)25/h5-10,14H,11-13H2,1-4H3,(H,22,24). The van der Waals surface area contributed by atoms with Gasteiger partial charge in [0.25, 0.3) is 0 Å². The van der Waals surface area contributed by atoms with Gasteiger partial charge in [-0.3, -0.25) is 9.59 Å². The monoisotopic (exact) mass is 386 g/mol. The smallest absolute Gasteiger partial charge is 0.236 e. The molecule has 1 aromatic carbocycles. The van der Waals surface area contributed by atoms with Crippen LogP contribution in [0.3, 0.4) is 0 Å². The van der Waals surface area contributed by atoms with E-state index in [9.17, 15) is 9.59 Å². The topological polar surface area (TPSA) is 58.6 Å². The zero-order valence-corrected chi connectivity index (χ0v) is 17.1. The highest BCUT2D eigenvalue weighted by molar-refractivity contribution is 7.10. The van der Waals surface area contributed by atoms with E-state index in [2.05, 4.69) is 19.2 Å². The number of nitrogens with one attached hydrogen (secondary N) is 1. The molecular formula is C21H26N2O3S. The van der Waals surface area contributed by atoms with Crippen molar-refractivity contribution in [2.75, 3.05) is 23.4 Å². The van der Waals surface area contributed by atoms with Gasteiger partial charge in [0.15, 0.2) is 0 Å². The number of amides is 2. The molecule has 1 N–H and O–H groups in total. The molecule has 0 unspecified atom stereocenters. The third-order valence-electron chi connectivity index (χ3n) is 4.41. The third kappa shape index (κ3) is 4.50. The highest BCUT2D eigenvalue weighted by Gasteiger charge is 2.38. The third-order valence-corrected chi connectivity index (χ3v) is 5.29. The SMILES string of the molecule is CC(C)CN1C(=O)C(C)(C)COc2cc(NC(=O)Cc3cccs3)ccc21. The number of hydrogen-bond acceptors (Lipinski definition) is 4. The number of ether oxygens (including phenoxy) is 1. The minimum atomic E-state index is -0.601. The van der Waals surface area contributed by atoms with Crippen LogP contribution in [0.1, 0.15) is 32.6 Å². The van der Waals surface area contributed by atoms with Crippen molar-refractivity contribution in [2.45, 2.75) is 34.1 Å². The van der Waals surface area contributed by atoms with Gasteiger partial charge >= 0.3 is 0 Å². The summed E-state index contributed by atoms with van der Waals surface area (Å²) in [7, 11) is 0. The lowest BCUT2D eigenvalue weighted by atomic mass is 9.92. The molecule has 1 aromatic heterocycles. The first kappa shape index (κ1) is 19.4. The van der Waals surface area contributed by atoms with Crippen LogP contribution in [0.2, 0.25) is 0 Å². The van der Waals surface area contributed by atoms with E-state index in [1.165, 1.54) is 0 Å². The van der Waals surface area contributed by atoms with Crippen molar-refractivity contribution in [3.8, 4) is 5.75 Å². The lowest BCUT2D eigenvalue weighted by molar-refractivity contribution is -0.127. The second-order valence-electron chi connectivity index (χ2n) is 7.97. The Bertz CT molecular complexity index is 828. The van der Waals surface area contributed by atoms with E-state index in [-0.39, 0.29) is 11.8 Å². The second-order valence-corrected chi connectivity index (χ2v) is 9.00. The molecule has 0 saturated heterocycles. The van der Waals surface area contributed by atoms with Gasteiger partial charge in [0.05, 0.1) is 17.5 Å². The summed E-state index contributed by atoms with van der Waals surface area (Å²) in [4.78, 5) is 28.1. The molecule has 2 amide bonds. The number of benzene rings is 1. The number of carbonyl (C=O) groups excluding carboxylic acids is 2. The Labute approximate surface area is 164 Å². The quantitative estimate of drug-likeness (QED) is 0.832. The summed E-state index contributed by atoms with van der Waals surface area (Å²) in [6, 6.07) is 9.38. The van der Waals surface area contributed by atoms with Gasteiger partial charge in [0.2, 0.25) is 11.8 Å². The van der Waals surface area contributed by atoms with E-state index < -0.39 is 5.41 Å². The molecule has 6 heteroatoms. The maximum absolute atomic E-state index is 13.0. The number of carbonyl (C=O) groups is 2. The molecule has 0 bridgehead atoms. The summed E-state index contributed by atoms with van der Waals surface area (Å²) >= 11 is 1.56. The van der Waals surface area contributed by atoms with Crippen molar-refractivity contribution < 1.29 is 14.3 Å². The van der Waals surface area contributed by atoms with Gasteiger partial charge in [-0.15, -0.1) is 11.3 Å². The Morgan fingerprint density at radius 3 is 2.78 bits per heavy atom. The first-order valence-corrected chi connectivity index (χ1v) is 10.1. The number of thiophene rings is 1. The predicted molar refractivity (Wildman–Crippen MR) is 110 cm³/mol. The number of rotatable bonds is 5. The van der Waals surface area contributed by atoms with E-state index in [0.29, 0.717) is 36.9 Å². The fraction of sp³-hybridized carbons (Fsp3) is 0.429. The number of nitrogens with zero attached hydrogens (tertiary/aromatic N) is 1. The van der Waals surface area contributed by atoms with Crippen LogP contribution in [0, 0.1) is 11.3 Å². The summed E-state index contributed by atoms with van der Waals surface area (Å²) in [5.41, 5.74) is 0.832. The molecule has 2 aromatic rings. The number of fused-ring (bicyclic) bond motifs is 1. The van der Waals surface area contributed by atoms with Gasteiger partial charge in [0.1, 0.15) is 12.4 Å². The molecule has 0 atom stereocenters. The molecule has 0 spiro atoms. The Morgan fingerprint density at radius 2 is 2.11 bits per heavy atom. The molecule has 0 fully saturated rings. The molecule has 27 heavy (non-hydrogen) atoms. The second kappa shape index (κ2) is 7.72. The van der Waals surface area contributed by atoms with Crippen LogP contribution < -0.4 is 15.0 Å². The fourth-order valence-electron chi connectivity index (χ4n) is 3.05. The average Bonchev–Trinajstić information content (AvgIpc) is 3.07. The van der Waals surface area contributed by atoms with Crippen molar-refractivity contribution in [2.24, 2.45) is 11.3 Å². The largest absolute Gasteiger partial charge is 0.490 e. The molecule has 144 valence electrons. The molecule has 0 saturated carbocycles. The van der Waals surface area contributed by atoms with E-state index in [1.807, 2.05) is 54.5 Å². The Kier molecular flexibility index (Phi) is 5.56. The molecule has 5 nitrogen and oxygen atoms in total. The summed E-state index contributed by atoms with van der Waals surface area (Å²) in [5, 5.41) is 4.88. The van der Waals surface area contributed by atoms with Crippen molar-refractivity contribution in [3.05, 3.63) is 40.6 Å². The lowest BCUT2D eigenvalue weighted by Gasteiger charge is -2.29. The van der Waals surface area contributed by atoms with Crippen molar-refractivity contribution in [1.82, 2.24) is 0 Å². The van der Waals surface area contributed by atoms with Crippen LogP contribution in [-0.4, -0.2) is 25.0 Å². The van der Waals surface area contributed by atoms with Crippen LogP contribution in [0.25, 0.3) is 0 Å². The molecule has 2 heterocycles. The van der Waals surface area contributed by atoms with Crippen LogP contribution in [0.5, 0.6) is 5.75 Å². The van der Waals surface area contributed by atoms with Gasteiger partial charge in [-0.05, 0) is 43.3 Å². The fourth-order valence-corrected chi connectivity index (χ4v) is 3.75. The molecule has 0 aliphatic carbocycles. The minimum Gasteiger partial charge on any atom is -0.490 e. The maximum atomic E-state index is 13.0. The Balaban J connectivity index is 1.83. The van der Waals surface area contributed by atoms with E-state index >= 15 is 0 Å². The average molecular weight is 387 g/mol. The van der Waals surface area contributed by atoms with E-state index in [1.54, 1.807) is 11.3 Å². The summed E-state index contributed by atoms with van der Waals surface area (Å²) in [6.07, 6.45) is 0.348. The van der Waals surface area contributed by atoms with Crippen LogP contribution >= 0.6 is 11.3 Å². The van der Waals surface area contributed by atoms with Gasteiger partial charge < -0.3 is 15.0 Å². The summed E-state index contributed by atoms with van der Waals surface area (Å²) < 4.78 is 5.96. The first-order chi connectivity index (χ1) is 12.8. The van der Waals surface area contributed by atoms with E-state index in [0.717, 1.165) is 10.6 Å². The summed E-state index contributed by atoms with van der Waals surface area (Å²) in [5.74, 6) is 0.954. The van der Waals surface area contributed by atoms with Crippen LogP contribution in [-0.2, 0) is 16.0 Å². The first-order valence-electron chi connectivity index (χ1n) is 9.17. The highest BCUT2D eigenvalue weighted by atomic mass is 32.1. The normalized spacial score (nSPS) is 15.9.